The van der Waals surface area contributed by atoms with E-state index in [9.17, 15) is 0 Å². The summed E-state index contributed by atoms with van der Waals surface area (Å²) in [6, 6.07) is 16.7. The Morgan fingerprint density at radius 3 is 1.53 bits per heavy atom. The summed E-state index contributed by atoms with van der Waals surface area (Å²) in [5.74, 6) is 0. The van der Waals surface area contributed by atoms with Gasteiger partial charge in [0.05, 0.1) is 11.4 Å². The first kappa shape index (κ1) is 12.4. The molecule has 0 aliphatic carbocycles. The lowest BCUT2D eigenvalue weighted by Crippen LogP contribution is -1.93. The number of hydrogen-bond acceptors (Lipinski definition) is 3. The van der Waals surface area contributed by atoms with Crippen molar-refractivity contribution in [1.82, 2.24) is 0 Å². The van der Waals surface area contributed by atoms with Crippen molar-refractivity contribution in [3.05, 3.63) is 48.5 Å². The average Bonchev–Trinajstić information content (AvgIpc) is 2.40. The Balaban J connectivity index is 2.31. The maximum atomic E-state index is 3.50. The highest BCUT2D eigenvalue weighted by Gasteiger charge is 2.03. The molecule has 0 aromatic heterocycles. The molecule has 17 heavy (non-hydrogen) atoms. The van der Waals surface area contributed by atoms with E-state index in [1.54, 1.807) is 23.5 Å². The first-order valence-electron chi connectivity index (χ1n) is 5.38. The fourth-order valence-corrected chi connectivity index (χ4v) is 2.75. The van der Waals surface area contributed by atoms with Gasteiger partial charge in [-0.1, -0.05) is 24.3 Å². The molecule has 0 saturated heterocycles. The number of benzene rings is 2. The highest BCUT2D eigenvalue weighted by molar-refractivity contribution is 7.99. The van der Waals surface area contributed by atoms with Crippen molar-refractivity contribution in [2.75, 3.05) is 17.8 Å². The summed E-state index contributed by atoms with van der Waals surface area (Å²) in [6.45, 7) is 0. The molecular formula is C14H15NS2. The maximum absolute atomic E-state index is 3.50. The van der Waals surface area contributed by atoms with Crippen molar-refractivity contribution in [3.63, 3.8) is 0 Å². The van der Waals surface area contributed by atoms with Gasteiger partial charge in [-0.25, -0.2) is 0 Å². The molecule has 0 amide bonds. The van der Waals surface area contributed by atoms with E-state index in [0.717, 1.165) is 0 Å². The molecule has 2 rings (SSSR count). The Kier molecular flexibility index (Phi) is 4.40. The third-order valence-corrected chi connectivity index (χ3v) is 4.07. The van der Waals surface area contributed by atoms with E-state index in [-0.39, 0.29) is 0 Å². The zero-order valence-electron chi connectivity index (χ0n) is 9.94. The van der Waals surface area contributed by atoms with E-state index in [1.165, 1.54) is 21.2 Å². The zero-order chi connectivity index (χ0) is 12.1. The van der Waals surface area contributed by atoms with Gasteiger partial charge in [0.1, 0.15) is 0 Å². The highest BCUT2D eigenvalue weighted by Crippen LogP contribution is 2.32. The summed E-state index contributed by atoms with van der Waals surface area (Å²) in [7, 11) is 0. The molecule has 2 aromatic carbocycles. The third kappa shape index (κ3) is 2.99. The first-order valence-corrected chi connectivity index (χ1v) is 7.83. The predicted octanol–water partition coefficient (Wildman–Crippen LogP) is 4.87. The Bertz CT molecular complexity index is 452. The molecule has 0 radical (unpaired) electrons. The van der Waals surface area contributed by atoms with Crippen molar-refractivity contribution in [3.8, 4) is 0 Å². The van der Waals surface area contributed by atoms with Gasteiger partial charge < -0.3 is 5.32 Å². The van der Waals surface area contributed by atoms with E-state index in [1.807, 2.05) is 0 Å². The quantitative estimate of drug-likeness (QED) is 0.788. The molecule has 0 saturated carbocycles. The minimum absolute atomic E-state index is 1.17. The van der Waals surface area contributed by atoms with Crippen LogP contribution in [0.1, 0.15) is 0 Å². The molecule has 88 valence electrons. The minimum atomic E-state index is 1.17. The molecule has 0 spiro atoms. The molecule has 0 fully saturated rings. The number of anilines is 2. The van der Waals surface area contributed by atoms with E-state index < -0.39 is 0 Å². The van der Waals surface area contributed by atoms with Crippen LogP contribution in [0.2, 0.25) is 0 Å². The van der Waals surface area contributed by atoms with E-state index in [0.29, 0.717) is 0 Å². The summed E-state index contributed by atoms with van der Waals surface area (Å²) in [5, 5.41) is 3.50. The van der Waals surface area contributed by atoms with Crippen LogP contribution in [-0.2, 0) is 0 Å². The van der Waals surface area contributed by atoms with Gasteiger partial charge in [-0.15, -0.1) is 23.5 Å². The zero-order valence-corrected chi connectivity index (χ0v) is 11.6. The number of para-hydroxylation sites is 2. The molecule has 0 aliphatic heterocycles. The van der Waals surface area contributed by atoms with Crippen molar-refractivity contribution in [1.29, 1.82) is 0 Å². The summed E-state index contributed by atoms with van der Waals surface area (Å²) in [6.07, 6.45) is 4.20. The number of rotatable bonds is 4. The molecule has 0 heterocycles. The molecule has 0 unspecified atom stereocenters. The molecule has 1 nitrogen and oxygen atoms in total. The van der Waals surface area contributed by atoms with Crippen molar-refractivity contribution in [2.24, 2.45) is 0 Å². The average molecular weight is 261 g/mol. The summed E-state index contributed by atoms with van der Waals surface area (Å²) >= 11 is 3.52. The lowest BCUT2D eigenvalue weighted by atomic mass is 10.2. The third-order valence-electron chi connectivity index (χ3n) is 2.48. The van der Waals surface area contributed by atoms with Crippen molar-refractivity contribution >= 4 is 34.9 Å². The monoisotopic (exact) mass is 261 g/mol. The smallest absolute Gasteiger partial charge is 0.0522 e. The van der Waals surface area contributed by atoms with Crippen LogP contribution in [0.15, 0.2) is 58.3 Å². The first-order chi connectivity index (χ1) is 8.35. The second kappa shape index (κ2) is 6.03. The Labute approximate surface area is 111 Å². The van der Waals surface area contributed by atoms with Gasteiger partial charge in [-0.3, -0.25) is 0 Å². The molecule has 0 aliphatic rings. The number of hydrogen-bond donors (Lipinski definition) is 1. The standard InChI is InChI=1S/C14H15NS2/c1-16-13-9-5-3-7-11(13)15-12-8-4-6-10-14(12)17-2/h3-10,15H,1-2H3. The molecule has 3 heteroatoms. The number of nitrogens with one attached hydrogen (secondary N) is 1. The Morgan fingerprint density at radius 2 is 1.12 bits per heavy atom. The van der Waals surface area contributed by atoms with Crippen LogP contribution in [0.25, 0.3) is 0 Å². The maximum Gasteiger partial charge on any atom is 0.0522 e. The van der Waals surface area contributed by atoms with Crippen LogP contribution in [-0.4, -0.2) is 12.5 Å². The van der Waals surface area contributed by atoms with E-state index >= 15 is 0 Å². The van der Waals surface area contributed by atoms with E-state index in [4.69, 9.17) is 0 Å². The fourth-order valence-electron chi connectivity index (χ4n) is 1.64. The predicted molar refractivity (Wildman–Crippen MR) is 79.7 cm³/mol. The van der Waals surface area contributed by atoms with Gasteiger partial charge >= 0.3 is 0 Å². The fraction of sp³-hybridized carbons (Fsp3) is 0.143. The van der Waals surface area contributed by atoms with Gasteiger partial charge in [0, 0.05) is 9.79 Å². The Hall–Kier alpha value is -1.06. The van der Waals surface area contributed by atoms with E-state index in [2.05, 4.69) is 66.4 Å². The van der Waals surface area contributed by atoms with Gasteiger partial charge in [0.2, 0.25) is 0 Å². The van der Waals surface area contributed by atoms with Crippen LogP contribution >= 0.6 is 23.5 Å². The van der Waals surface area contributed by atoms with Gasteiger partial charge in [0.15, 0.2) is 0 Å². The van der Waals surface area contributed by atoms with Crippen LogP contribution < -0.4 is 5.32 Å². The lowest BCUT2D eigenvalue weighted by molar-refractivity contribution is 1.36. The molecule has 0 atom stereocenters. The second-order valence-electron chi connectivity index (χ2n) is 3.53. The topological polar surface area (TPSA) is 12.0 Å². The second-order valence-corrected chi connectivity index (χ2v) is 5.22. The molecule has 1 N–H and O–H groups in total. The van der Waals surface area contributed by atoms with Gasteiger partial charge in [-0.2, -0.15) is 0 Å². The van der Waals surface area contributed by atoms with Crippen molar-refractivity contribution < 1.29 is 0 Å². The molecule has 2 aromatic rings. The van der Waals surface area contributed by atoms with Crippen LogP contribution in [0.3, 0.4) is 0 Å². The lowest BCUT2D eigenvalue weighted by Gasteiger charge is -2.12. The normalized spacial score (nSPS) is 10.2. The van der Waals surface area contributed by atoms with Crippen molar-refractivity contribution in [2.45, 2.75) is 9.79 Å². The molecule has 0 bridgehead atoms. The van der Waals surface area contributed by atoms with Gasteiger partial charge in [0.25, 0.3) is 0 Å². The van der Waals surface area contributed by atoms with Crippen LogP contribution in [0.4, 0.5) is 11.4 Å². The van der Waals surface area contributed by atoms with Crippen LogP contribution in [0.5, 0.6) is 0 Å². The van der Waals surface area contributed by atoms with Crippen LogP contribution in [0, 0.1) is 0 Å². The summed E-state index contributed by atoms with van der Waals surface area (Å²) < 4.78 is 0. The highest BCUT2D eigenvalue weighted by atomic mass is 32.2. The summed E-state index contributed by atoms with van der Waals surface area (Å²) in [5.41, 5.74) is 2.34. The number of thioether (sulfide) groups is 2. The van der Waals surface area contributed by atoms with Gasteiger partial charge in [-0.05, 0) is 36.8 Å². The minimum Gasteiger partial charge on any atom is -0.354 e. The largest absolute Gasteiger partial charge is 0.354 e. The SMILES string of the molecule is CSc1ccccc1Nc1ccccc1SC. The Morgan fingerprint density at radius 1 is 0.706 bits per heavy atom. The molecular weight excluding hydrogens is 246 g/mol. The summed E-state index contributed by atoms with van der Waals surface area (Å²) in [4.78, 5) is 2.53.